The van der Waals surface area contributed by atoms with Crippen LogP contribution in [0.3, 0.4) is 0 Å². The Kier molecular flexibility index (Phi) is 5.87. The molecule has 22 heavy (non-hydrogen) atoms. The normalized spacial score (nSPS) is 12.0. The van der Waals surface area contributed by atoms with Crippen molar-refractivity contribution >= 4 is 29.1 Å². The van der Waals surface area contributed by atoms with Gasteiger partial charge in [-0.2, -0.15) is 0 Å². The second kappa shape index (κ2) is 7.66. The quantitative estimate of drug-likeness (QED) is 0.807. The highest BCUT2D eigenvalue weighted by Crippen LogP contribution is 2.25. The molecule has 4 heteroatoms. The molecule has 1 atom stereocenters. The Bertz CT molecular complexity index is 650. The van der Waals surface area contributed by atoms with Gasteiger partial charge in [-0.25, -0.2) is 0 Å². The lowest BCUT2D eigenvalue weighted by atomic mass is 10.0. The summed E-state index contributed by atoms with van der Waals surface area (Å²) < 4.78 is 0. The van der Waals surface area contributed by atoms with Crippen LogP contribution in [0.15, 0.2) is 42.5 Å². The van der Waals surface area contributed by atoms with Gasteiger partial charge in [0.25, 0.3) is 0 Å². The number of nitrogens with one attached hydrogen (secondary N) is 1. The van der Waals surface area contributed by atoms with E-state index in [-0.39, 0.29) is 11.9 Å². The van der Waals surface area contributed by atoms with Crippen LogP contribution in [0.5, 0.6) is 0 Å². The summed E-state index contributed by atoms with van der Waals surface area (Å²) >= 11 is 12.2. The van der Waals surface area contributed by atoms with Crippen molar-refractivity contribution in [1.29, 1.82) is 0 Å². The zero-order chi connectivity index (χ0) is 16.1. The molecule has 0 radical (unpaired) electrons. The fourth-order valence-corrected chi connectivity index (χ4v) is 3.06. The van der Waals surface area contributed by atoms with E-state index in [1.807, 2.05) is 38.1 Å². The standard InChI is InChI=1S/C18H19Cl2NO/c1-12-6-3-4-7-14(12)13(2)21-18(22)11-10-15-16(19)8-5-9-17(15)20/h3-9,13H,10-11H2,1-2H3,(H,21,22)/t13-/m1/s1. The Morgan fingerprint density at radius 2 is 1.73 bits per heavy atom. The van der Waals surface area contributed by atoms with Crippen LogP contribution in [0, 0.1) is 6.92 Å². The minimum absolute atomic E-state index is 0.00765. The molecule has 0 saturated carbocycles. The molecule has 2 rings (SSSR count). The summed E-state index contributed by atoms with van der Waals surface area (Å²) in [5.41, 5.74) is 3.13. The van der Waals surface area contributed by atoms with Crippen LogP contribution < -0.4 is 5.32 Å². The van der Waals surface area contributed by atoms with Gasteiger partial charge in [-0.3, -0.25) is 4.79 Å². The third-order valence-electron chi connectivity index (χ3n) is 3.70. The van der Waals surface area contributed by atoms with E-state index in [0.717, 1.165) is 11.1 Å². The second-order valence-electron chi connectivity index (χ2n) is 5.35. The van der Waals surface area contributed by atoms with Gasteiger partial charge in [-0.1, -0.05) is 53.5 Å². The summed E-state index contributed by atoms with van der Waals surface area (Å²) in [7, 11) is 0. The molecule has 0 fully saturated rings. The molecule has 2 aromatic carbocycles. The molecule has 2 nitrogen and oxygen atoms in total. The molecule has 0 bridgehead atoms. The van der Waals surface area contributed by atoms with Crippen LogP contribution >= 0.6 is 23.2 Å². The Morgan fingerprint density at radius 3 is 2.36 bits per heavy atom. The number of hydrogen-bond acceptors (Lipinski definition) is 1. The van der Waals surface area contributed by atoms with Crippen molar-refractivity contribution in [3.8, 4) is 0 Å². The maximum atomic E-state index is 12.1. The molecule has 116 valence electrons. The molecule has 0 heterocycles. The van der Waals surface area contributed by atoms with E-state index in [9.17, 15) is 4.79 Å². The van der Waals surface area contributed by atoms with Crippen molar-refractivity contribution in [2.24, 2.45) is 0 Å². The first kappa shape index (κ1) is 16.9. The maximum Gasteiger partial charge on any atom is 0.220 e. The Balaban J connectivity index is 1.95. The van der Waals surface area contributed by atoms with Gasteiger partial charge in [-0.05, 0) is 49.1 Å². The highest BCUT2D eigenvalue weighted by Gasteiger charge is 2.13. The number of rotatable bonds is 5. The molecule has 0 aromatic heterocycles. The number of carbonyl (C=O) groups is 1. The lowest BCUT2D eigenvalue weighted by molar-refractivity contribution is -0.121. The van der Waals surface area contributed by atoms with Crippen LogP contribution in [0.1, 0.15) is 36.1 Å². The van der Waals surface area contributed by atoms with Crippen LogP contribution in [0.25, 0.3) is 0 Å². The monoisotopic (exact) mass is 335 g/mol. The van der Waals surface area contributed by atoms with Gasteiger partial charge in [-0.15, -0.1) is 0 Å². The molecule has 0 aliphatic rings. The van der Waals surface area contributed by atoms with E-state index >= 15 is 0 Å². The van der Waals surface area contributed by atoms with E-state index in [1.54, 1.807) is 18.2 Å². The molecule has 0 aliphatic carbocycles. The first-order valence-corrected chi connectivity index (χ1v) is 8.02. The van der Waals surface area contributed by atoms with E-state index in [4.69, 9.17) is 23.2 Å². The number of halogens is 2. The lowest BCUT2D eigenvalue weighted by Crippen LogP contribution is -2.27. The van der Waals surface area contributed by atoms with Crippen molar-refractivity contribution in [3.63, 3.8) is 0 Å². The third kappa shape index (κ3) is 4.25. The number of benzene rings is 2. The van der Waals surface area contributed by atoms with Gasteiger partial charge in [0.1, 0.15) is 0 Å². The Hall–Kier alpha value is -1.51. The molecule has 2 aromatic rings. The molecule has 1 N–H and O–H groups in total. The number of hydrogen-bond donors (Lipinski definition) is 1. The first-order chi connectivity index (χ1) is 10.5. The average molecular weight is 336 g/mol. The van der Waals surface area contributed by atoms with Crippen LogP contribution in [-0.4, -0.2) is 5.91 Å². The Labute approximate surface area is 141 Å². The highest BCUT2D eigenvalue weighted by atomic mass is 35.5. The van der Waals surface area contributed by atoms with E-state index < -0.39 is 0 Å². The molecular formula is C18H19Cl2NO. The molecule has 0 saturated heterocycles. The summed E-state index contributed by atoms with van der Waals surface area (Å²) in [5.74, 6) is -0.00765. The molecule has 0 aliphatic heterocycles. The zero-order valence-corrected chi connectivity index (χ0v) is 14.2. The predicted molar refractivity (Wildman–Crippen MR) is 92.5 cm³/mol. The van der Waals surface area contributed by atoms with Gasteiger partial charge >= 0.3 is 0 Å². The summed E-state index contributed by atoms with van der Waals surface area (Å²) in [5, 5.41) is 4.23. The van der Waals surface area contributed by atoms with Gasteiger partial charge in [0.15, 0.2) is 0 Å². The molecule has 1 amide bonds. The Morgan fingerprint density at radius 1 is 1.09 bits per heavy atom. The fourth-order valence-electron chi connectivity index (χ4n) is 2.47. The number of amides is 1. The third-order valence-corrected chi connectivity index (χ3v) is 4.40. The number of aryl methyl sites for hydroxylation is 1. The van der Waals surface area contributed by atoms with Crippen LogP contribution in [0.2, 0.25) is 10.0 Å². The van der Waals surface area contributed by atoms with E-state index in [1.165, 1.54) is 5.56 Å². The summed E-state index contributed by atoms with van der Waals surface area (Å²) in [6, 6.07) is 13.4. The van der Waals surface area contributed by atoms with E-state index in [0.29, 0.717) is 22.9 Å². The summed E-state index contributed by atoms with van der Waals surface area (Å²) in [6.07, 6.45) is 0.893. The molecule has 0 unspecified atom stereocenters. The van der Waals surface area contributed by atoms with Crippen molar-refractivity contribution in [2.75, 3.05) is 0 Å². The maximum absolute atomic E-state index is 12.1. The van der Waals surface area contributed by atoms with Crippen molar-refractivity contribution in [1.82, 2.24) is 5.32 Å². The second-order valence-corrected chi connectivity index (χ2v) is 6.16. The van der Waals surface area contributed by atoms with Gasteiger partial charge in [0, 0.05) is 16.5 Å². The largest absolute Gasteiger partial charge is 0.350 e. The zero-order valence-electron chi connectivity index (χ0n) is 12.7. The summed E-state index contributed by atoms with van der Waals surface area (Å²) in [6.45, 7) is 4.03. The highest BCUT2D eigenvalue weighted by molar-refractivity contribution is 6.36. The van der Waals surface area contributed by atoms with Crippen molar-refractivity contribution in [3.05, 3.63) is 69.2 Å². The van der Waals surface area contributed by atoms with Gasteiger partial charge < -0.3 is 5.32 Å². The average Bonchev–Trinajstić information content (AvgIpc) is 2.47. The minimum Gasteiger partial charge on any atom is -0.350 e. The number of carbonyl (C=O) groups excluding carboxylic acids is 1. The van der Waals surface area contributed by atoms with Gasteiger partial charge in [0.2, 0.25) is 5.91 Å². The fraction of sp³-hybridized carbons (Fsp3) is 0.278. The topological polar surface area (TPSA) is 29.1 Å². The van der Waals surface area contributed by atoms with Crippen LogP contribution in [0.4, 0.5) is 0 Å². The van der Waals surface area contributed by atoms with Crippen molar-refractivity contribution < 1.29 is 4.79 Å². The SMILES string of the molecule is Cc1ccccc1[C@@H](C)NC(=O)CCc1c(Cl)cccc1Cl. The van der Waals surface area contributed by atoms with Crippen molar-refractivity contribution in [2.45, 2.75) is 32.7 Å². The molecule has 0 spiro atoms. The van der Waals surface area contributed by atoms with E-state index in [2.05, 4.69) is 5.32 Å². The summed E-state index contributed by atoms with van der Waals surface area (Å²) in [4.78, 5) is 12.1. The van der Waals surface area contributed by atoms with Gasteiger partial charge in [0.05, 0.1) is 6.04 Å². The smallest absolute Gasteiger partial charge is 0.220 e. The predicted octanol–water partition coefficient (Wildman–Crippen LogP) is 5.11. The minimum atomic E-state index is -0.0181. The lowest BCUT2D eigenvalue weighted by Gasteiger charge is -2.16. The molecular weight excluding hydrogens is 317 g/mol. The first-order valence-electron chi connectivity index (χ1n) is 7.27. The van der Waals surface area contributed by atoms with Crippen LogP contribution in [-0.2, 0) is 11.2 Å².